The zero-order chi connectivity index (χ0) is 14.8. The number of carbonyl (C=O) groups is 1. The Balaban J connectivity index is 1.93. The second-order valence-corrected chi connectivity index (χ2v) is 6.43. The van der Waals surface area contributed by atoms with E-state index in [0.29, 0.717) is 6.04 Å². The molecular formula is C15H24N4O. The van der Waals surface area contributed by atoms with Gasteiger partial charge >= 0.3 is 0 Å². The third kappa shape index (κ3) is 3.26. The van der Waals surface area contributed by atoms with Gasteiger partial charge in [0.05, 0.1) is 0 Å². The predicted molar refractivity (Wildman–Crippen MR) is 79.5 cm³/mol. The summed E-state index contributed by atoms with van der Waals surface area (Å²) in [5.41, 5.74) is -0.311. The van der Waals surface area contributed by atoms with Gasteiger partial charge in [-0.05, 0) is 18.9 Å². The lowest BCUT2D eigenvalue weighted by molar-refractivity contribution is -0.140. The Labute approximate surface area is 121 Å². The van der Waals surface area contributed by atoms with E-state index >= 15 is 0 Å². The van der Waals surface area contributed by atoms with E-state index < -0.39 is 0 Å². The molecule has 5 nitrogen and oxygen atoms in total. The van der Waals surface area contributed by atoms with Crippen molar-refractivity contribution in [3.8, 4) is 0 Å². The van der Waals surface area contributed by atoms with E-state index in [0.717, 1.165) is 31.9 Å². The molecule has 5 heteroatoms. The fourth-order valence-electron chi connectivity index (χ4n) is 2.60. The van der Waals surface area contributed by atoms with Gasteiger partial charge in [0.15, 0.2) is 0 Å². The van der Waals surface area contributed by atoms with Gasteiger partial charge in [0, 0.05) is 44.0 Å². The average Bonchev–Trinajstić information content (AvgIpc) is 2.46. The summed E-state index contributed by atoms with van der Waals surface area (Å²) < 4.78 is 0. The number of carbonyl (C=O) groups excluding carboxylic acids is 1. The van der Waals surface area contributed by atoms with Crippen LogP contribution in [-0.2, 0) is 4.79 Å². The number of anilines is 1. The molecule has 0 saturated carbocycles. The smallest absolute Gasteiger partial charge is 0.227 e. The van der Waals surface area contributed by atoms with Crippen LogP contribution in [0.4, 0.5) is 5.95 Å². The summed E-state index contributed by atoms with van der Waals surface area (Å²) in [6.07, 6.45) is 5.47. The highest BCUT2D eigenvalue weighted by Crippen LogP contribution is 2.23. The molecule has 1 aliphatic heterocycles. The summed E-state index contributed by atoms with van der Waals surface area (Å²) in [5.74, 6) is 1.00. The summed E-state index contributed by atoms with van der Waals surface area (Å²) in [7, 11) is 1.92. The summed E-state index contributed by atoms with van der Waals surface area (Å²) in [6.45, 7) is 7.71. The van der Waals surface area contributed by atoms with Crippen LogP contribution in [0.5, 0.6) is 0 Å². The number of nitrogens with zero attached hydrogens (tertiary/aromatic N) is 4. The average molecular weight is 276 g/mol. The molecule has 1 fully saturated rings. The zero-order valence-electron chi connectivity index (χ0n) is 12.8. The first-order chi connectivity index (χ1) is 9.39. The largest absolute Gasteiger partial charge is 0.342 e. The van der Waals surface area contributed by atoms with Crippen molar-refractivity contribution in [1.29, 1.82) is 0 Å². The number of aromatic nitrogens is 2. The lowest BCUT2D eigenvalue weighted by atomic mass is 9.93. The molecule has 0 radical (unpaired) electrons. The fourth-order valence-corrected chi connectivity index (χ4v) is 2.60. The molecule has 0 bridgehead atoms. The molecule has 1 aromatic rings. The lowest BCUT2D eigenvalue weighted by Crippen LogP contribution is -2.49. The van der Waals surface area contributed by atoms with Gasteiger partial charge in [0.1, 0.15) is 0 Å². The van der Waals surface area contributed by atoms with E-state index in [1.807, 2.05) is 38.8 Å². The second kappa shape index (κ2) is 5.77. The molecular weight excluding hydrogens is 252 g/mol. The maximum atomic E-state index is 12.3. The Morgan fingerprint density at radius 3 is 2.30 bits per heavy atom. The highest BCUT2D eigenvalue weighted by Gasteiger charge is 2.31. The Bertz CT molecular complexity index is 447. The first kappa shape index (κ1) is 14.8. The van der Waals surface area contributed by atoms with Crippen LogP contribution in [0.15, 0.2) is 18.5 Å². The van der Waals surface area contributed by atoms with Gasteiger partial charge in [-0.2, -0.15) is 0 Å². The van der Waals surface area contributed by atoms with Crippen molar-refractivity contribution in [2.75, 3.05) is 25.0 Å². The van der Waals surface area contributed by atoms with Gasteiger partial charge in [0.25, 0.3) is 0 Å². The summed E-state index contributed by atoms with van der Waals surface area (Å²) >= 11 is 0. The molecule has 0 N–H and O–H groups in total. The normalized spacial score (nSPS) is 17.1. The maximum absolute atomic E-state index is 12.3. The SMILES string of the molecule is CN(C(=O)C(C)(C)C)C1CCN(c2ncccn2)CC1. The van der Waals surface area contributed by atoms with Crippen molar-refractivity contribution >= 4 is 11.9 Å². The van der Waals surface area contributed by atoms with Crippen molar-refractivity contribution < 1.29 is 4.79 Å². The van der Waals surface area contributed by atoms with Crippen LogP contribution >= 0.6 is 0 Å². The maximum Gasteiger partial charge on any atom is 0.227 e. The van der Waals surface area contributed by atoms with Crippen molar-refractivity contribution in [3.05, 3.63) is 18.5 Å². The molecule has 0 aromatic carbocycles. The molecule has 0 aliphatic carbocycles. The zero-order valence-corrected chi connectivity index (χ0v) is 12.8. The van der Waals surface area contributed by atoms with Crippen LogP contribution in [0.25, 0.3) is 0 Å². The Morgan fingerprint density at radius 1 is 1.25 bits per heavy atom. The van der Waals surface area contributed by atoms with Crippen LogP contribution in [-0.4, -0.2) is 47.0 Å². The third-order valence-electron chi connectivity index (χ3n) is 3.81. The monoisotopic (exact) mass is 276 g/mol. The molecule has 1 saturated heterocycles. The predicted octanol–water partition coefficient (Wildman–Crippen LogP) is 1.95. The first-order valence-corrected chi connectivity index (χ1v) is 7.19. The standard InChI is InChI=1S/C15H24N4O/c1-15(2,3)13(20)18(4)12-6-10-19(11-7-12)14-16-8-5-9-17-14/h5,8-9,12H,6-7,10-11H2,1-4H3. The minimum atomic E-state index is -0.311. The Kier molecular flexibility index (Phi) is 4.26. The van der Waals surface area contributed by atoms with Crippen molar-refractivity contribution in [2.45, 2.75) is 39.7 Å². The van der Waals surface area contributed by atoms with E-state index in [1.165, 1.54) is 0 Å². The molecule has 1 amide bonds. The summed E-state index contributed by atoms with van der Waals surface area (Å²) in [4.78, 5) is 25.0. The van der Waals surface area contributed by atoms with E-state index in [-0.39, 0.29) is 11.3 Å². The van der Waals surface area contributed by atoms with Gasteiger partial charge in [-0.15, -0.1) is 0 Å². The van der Waals surface area contributed by atoms with Crippen molar-refractivity contribution in [1.82, 2.24) is 14.9 Å². The quantitative estimate of drug-likeness (QED) is 0.828. The van der Waals surface area contributed by atoms with E-state index in [1.54, 1.807) is 12.4 Å². The number of rotatable bonds is 2. The topological polar surface area (TPSA) is 49.3 Å². The van der Waals surface area contributed by atoms with E-state index in [2.05, 4.69) is 14.9 Å². The van der Waals surface area contributed by atoms with Crippen LogP contribution in [0, 0.1) is 5.41 Å². The molecule has 1 aliphatic rings. The minimum absolute atomic E-state index is 0.215. The molecule has 0 atom stereocenters. The Hall–Kier alpha value is -1.65. The number of piperidine rings is 1. The van der Waals surface area contributed by atoms with Crippen LogP contribution < -0.4 is 4.90 Å². The summed E-state index contributed by atoms with van der Waals surface area (Å²) in [6, 6.07) is 2.15. The lowest BCUT2D eigenvalue weighted by Gasteiger charge is -2.38. The number of hydrogen-bond acceptors (Lipinski definition) is 4. The second-order valence-electron chi connectivity index (χ2n) is 6.43. The molecule has 20 heavy (non-hydrogen) atoms. The molecule has 2 heterocycles. The van der Waals surface area contributed by atoms with Gasteiger partial charge in [-0.1, -0.05) is 20.8 Å². The highest BCUT2D eigenvalue weighted by molar-refractivity contribution is 5.81. The van der Waals surface area contributed by atoms with Crippen LogP contribution in [0.1, 0.15) is 33.6 Å². The van der Waals surface area contributed by atoms with Gasteiger partial charge in [-0.25, -0.2) is 9.97 Å². The van der Waals surface area contributed by atoms with Crippen LogP contribution in [0.2, 0.25) is 0 Å². The molecule has 0 unspecified atom stereocenters. The number of amides is 1. The van der Waals surface area contributed by atoms with E-state index in [9.17, 15) is 4.79 Å². The highest BCUT2D eigenvalue weighted by atomic mass is 16.2. The molecule has 2 rings (SSSR count). The molecule has 110 valence electrons. The van der Waals surface area contributed by atoms with Crippen LogP contribution in [0.3, 0.4) is 0 Å². The molecule has 0 spiro atoms. The van der Waals surface area contributed by atoms with Gasteiger partial charge in [0.2, 0.25) is 11.9 Å². The molecule has 1 aromatic heterocycles. The van der Waals surface area contributed by atoms with Crippen molar-refractivity contribution in [3.63, 3.8) is 0 Å². The minimum Gasteiger partial charge on any atom is -0.342 e. The van der Waals surface area contributed by atoms with Gasteiger partial charge in [-0.3, -0.25) is 4.79 Å². The van der Waals surface area contributed by atoms with Crippen molar-refractivity contribution in [2.24, 2.45) is 5.41 Å². The third-order valence-corrected chi connectivity index (χ3v) is 3.81. The summed E-state index contributed by atoms with van der Waals surface area (Å²) in [5, 5.41) is 0. The van der Waals surface area contributed by atoms with Gasteiger partial charge < -0.3 is 9.80 Å². The fraction of sp³-hybridized carbons (Fsp3) is 0.667. The number of hydrogen-bond donors (Lipinski definition) is 0. The Morgan fingerprint density at radius 2 is 1.80 bits per heavy atom. The van der Waals surface area contributed by atoms with E-state index in [4.69, 9.17) is 0 Å². The first-order valence-electron chi connectivity index (χ1n) is 7.19.